The van der Waals surface area contributed by atoms with Crippen LogP contribution in [0, 0.1) is 6.92 Å². The van der Waals surface area contributed by atoms with Crippen LogP contribution in [0.4, 0.5) is 0 Å². The van der Waals surface area contributed by atoms with Crippen molar-refractivity contribution < 1.29 is 14.4 Å². The highest BCUT2D eigenvalue weighted by atomic mass is 16.5. The van der Waals surface area contributed by atoms with Gasteiger partial charge in [-0.2, -0.15) is 0 Å². The molecule has 0 aliphatic carbocycles. The Morgan fingerprint density at radius 2 is 1.78 bits per heavy atom. The number of aryl methyl sites for hydroxylation is 1. The Kier molecular flexibility index (Phi) is 4.61. The zero-order valence-corrected chi connectivity index (χ0v) is 11.6. The molecule has 1 heterocycles. The maximum atomic E-state index is 5.77. The van der Waals surface area contributed by atoms with E-state index in [4.69, 9.17) is 9.47 Å². The molecule has 0 radical (unpaired) electrons. The van der Waals surface area contributed by atoms with E-state index in [0.29, 0.717) is 12.2 Å². The lowest BCUT2D eigenvalue weighted by atomic mass is 10.2. The van der Waals surface area contributed by atoms with Crippen LogP contribution >= 0.6 is 0 Å². The van der Waals surface area contributed by atoms with Crippen molar-refractivity contribution in [2.75, 3.05) is 26.2 Å². The molecule has 3 heteroatoms. The van der Waals surface area contributed by atoms with Crippen LogP contribution in [-0.4, -0.2) is 38.4 Å². The van der Waals surface area contributed by atoms with E-state index >= 15 is 0 Å². The van der Waals surface area contributed by atoms with E-state index in [1.807, 2.05) is 12.1 Å². The number of nitrogens with one attached hydrogen (secondary N) is 1. The molecule has 100 valence electrons. The van der Waals surface area contributed by atoms with Crippen LogP contribution in [0.2, 0.25) is 0 Å². The zero-order valence-electron chi connectivity index (χ0n) is 11.6. The standard InChI is InChI=1S/C15H23NO2/c1-12-4-6-15(7-5-12)17-9-8-16-10-13(2)18-14(3)11-16/h4-7,13-14H,8-11H2,1-3H3/p+1/t13-,14+. The Morgan fingerprint density at radius 1 is 1.17 bits per heavy atom. The molecule has 2 rings (SSSR count). The predicted molar refractivity (Wildman–Crippen MR) is 72.2 cm³/mol. The van der Waals surface area contributed by atoms with E-state index in [-0.39, 0.29) is 0 Å². The maximum absolute atomic E-state index is 5.77. The largest absolute Gasteiger partial charge is 0.488 e. The van der Waals surface area contributed by atoms with Gasteiger partial charge in [-0.1, -0.05) is 17.7 Å². The predicted octanol–water partition coefficient (Wildman–Crippen LogP) is 1.07. The number of hydrogen-bond acceptors (Lipinski definition) is 2. The second-order valence-corrected chi connectivity index (χ2v) is 5.33. The van der Waals surface area contributed by atoms with Gasteiger partial charge in [0.1, 0.15) is 44.2 Å². The van der Waals surface area contributed by atoms with Gasteiger partial charge in [0.15, 0.2) is 0 Å². The molecule has 1 fully saturated rings. The summed E-state index contributed by atoms with van der Waals surface area (Å²) in [5.41, 5.74) is 1.27. The van der Waals surface area contributed by atoms with Crippen LogP contribution in [0.3, 0.4) is 0 Å². The number of hydrogen-bond donors (Lipinski definition) is 1. The second kappa shape index (κ2) is 6.21. The average molecular weight is 250 g/mol. The molecule has 0 spiro atoms. The third kappa shape index (κ3) is 4.00. The minimum absolute atomic E-state index is 0.364. The summed E-state index contributed by atoms with van der Waals surface area (Å²) >= 11 is 0. The quantitative estimate of drug-likeness (QED) is 0.864. The van der Waals surface area contributed by atoms with Crippen molar-refractivity contribution in [1.82, 2.24) is 0 Å². The molecule has 0 bridgehead atoms. The molecule has 1 aromatic carbocycles. The normalized spacial score (nSPS) is 28.1. The molecule has 1 unspecified atom stereocenters. The summed E-state index contributed by atoms with van der Waals surface area (Å²) in [6, 6.07) is 8.24. The number of ether oxygens (including phenoxy) is 2. The molecular formula is C15H24NO2+. The van der Waals surface area contributed by atoms with Crippen LogP contribution in [0.5, 0.6) is 5.75 Å². The first-order chi connectivity index (χ1) is 8.63. The van der Waals surface area contributed by atoms with Gasteiger partial charge in [-0.15, -0.1) is 0 Å². The molecule has 3 nitrogen and oxygen atoms in total. The number of morpholine rings is 1. The molecule has 1 aromatic rings. The third-order valence-corrected chi connectivity index (χ3v) is 3.36. The molecule has 3 atom stereocenters. The van der Waals surface area contributed by atoms with Gasteiger partial charge in [-0.25, -0.2) is 0 Å². The van der Waals surface area contributed by atoms with Gasteiger partial charge in [-0.05, 0) is 32.9 Å². The molecule has 1 saturated heterocycles. The van der Waals surface area contributed by atoms with Crippen molar-refractivity contribution in [1.29, 1.82) is 0 Å². The SMILES string of the molecule is Cc1ccc(OCC[NH+]2C[C@@H](C)O[C@@H](C)C2)cc1. The van der Waals surface area contributed by atoms with E-state index in [9.17, 15) is 0 Å². The highest BCUT2D eigenvalue weighted by molar-refractivity contribution is 5.26. The molecule has 18 heavy (non-hydrogen) atoms. The van der Waals surface area contributed by atoms with E-state index in [1.54, 1.807) is 4.90 Å². The molecule has 0 amide bonds. The first-order valence-electron chi connectivity index (χ1n) is 6.82. The van der Waals surface area contributed by atoms with Crippen molar-refractivity contribution in [3.8, 4) is 5.75 Å². The van der Waals surface area contributed by atoms with Crippen LogP contribution < -0.4 is 9.64 Å². The van der Waals surface area contributed by atoms with Crippen molar-refractivity contribution in [2.24, 2.45) is 0 Å². The molecule has 0 saturated carbocycles. The number of benzene rings is 1. The fraction of sp³-hybridized carbons (Fsp3) is 0.600. The fourth-order valence-electron chi connectivity index (χ4n) is 2.54. The van der Waals surface area contributed by atoms with Gasteiger partial charge in [0, 0.05) is 0 Å². The summed E-state index contributed by atoms with van der Waals surface area (Å²) in [6.07, 6.45) is 0.728. The van der Waals surface area contributed by atoms with Gasteiger partial charge in [-0.3, -0.25) is 0 Å². The van der Waals surface area contributed by atoms with Crippen LogP contribution in [0.1, 0.15) is 19.4 Å². The summed E-state index contributed by atoms with van der Waals surface area (Å²) in [5, 5.41) is 0. The van der Waals surface area contributed by atoms with Crippen molar-refractivity contribution >= 4 is 0 Å². The number of quaternary nitrogens is 1. The molecule has 1 aliphatic heterocycles. The summed E-state index contributed by atoms with van der Waals surface area (Å²) in [7, 11) is 0. The first kappa shape index (κ1) is 13.4. The second-order valence-electron chi connectivity index (χ2n) is 5.33. The lowest BCUT2D eigenvalue weighted by molar-refractivity contribution is -0.915. The molecule has 1 N–H and O–H groups in total. The fourth-order valence-corrected chi connectivity index (χ4v) is 2.54. The third-order valence-electron chi connectivity index (χ3n) is 3.36. The van der Waals surface area contributed by atoms with Gasteiger partial charge >= 0.3 is 0 Å². The first-order valence-corrected chi connectivity index (χ1v) is 6.82. The Morgan fingerprint density at radius 3 is 2.39 bits per heavy atom. The lowest BCUT2D eigenvalue weighted by Gasteiger charge is -2.32. The van der Waals surface area contributed by atoms with E-state index in [0.717, 1.165) is 32.0 Å². The number of rotatable bonds is 4. The molecule has 1 aliphatic rings. The summed E-state index contributed by atoms with van der Waals surface area (Å²) in [6.45, 7) is 10.4. The summed E-state index contributed by atoms with van der Waals surface area (Å²) < 4.78 is 11.5. The minimum Gasteiger partial charge on any atom is -0.488 e. The van der Waals surface area contributed by atoms with Crippen molar-refractivity contribution in [3.05, 3.63) is 29.8 Å². The van der Waals surface area contributed by atoms with Gasteiger partial charge < -0.3 is 14.4 Å². The highest BCUT2D eigenvalue weighted by Gasteiger charge is 2.25. The average Bonchev–Trinajstić information content (AvgIpc) is 2.30. The van der Waals surface area contributed by atoms with Crippen molar-refractivity contribution in [2.45, 2.75) is 33.0 Å². The highest BCUT2D eigenvalue weighted by Crippen LogP contribution is 2.10. The van der Waals surface area contributed by atoms with Gasteiger partial charge in [0.05, 0.1) is 0 Å². The van der Waals surface area contributed by atoms with Gasteiger partial charge in [0.25, 0.3) is 0 Å². The summed E-state index contributed by atoms with van der Waals surface area (Å²) in [4.78, 5) is 1.58. The Hall–Kier alpha value is -1.06. The zero-order chi connectivity index (χ0) is 13.0. The minimum atomic E-state index is 0.364. The monoisotopic (exact) mass is 250 g/mol. The summed E-state index contributed by atoms with van der Waals surface area (Å²) in [5.74, 6) is 0.967. The van der Waals surface area contributed by atoms with Gasteiger partial charge in [0.2, 0.25) is 0 Å². The molecular weight excluding hydrogens is 226 g/mol. The smallest absolute Gasteiger partial charge is 0.137 e. The van der Waals surface area contributed by atoms with E-state index in [2.05, 4.69) is 32.9 Å². The topological polar surface area (TPSA) is 22.9 Å². The lowest BCUT2D eigenvalue weighted by Crippen LogP contribution is -3.16. The van der Waals surface area contributed by atoms with E-state index < -0.39 is 0 Å². The van der Waals surface area contributed by atoms with E-state index in [1.165, 1.54) is 5.56 Å². The Labute approximate surface area is 110 Å². The van der Waals surface area contributed by atoms with Crippen molar-refractivity contribution in [3.63, 3.8) is 0 Å². The molecule has 0 aromatic heterocycles. The van der Waals surface area contributed by atoms with Crippen LogP contribution in [0.15, 0.2) is 24.3 Å². The Balaban J connectivity index is 1.73. The van der Waals surface area contributed by atoms with Crippen LogP contribution in [-0.2, 0) is 4.74 Å². The van der Waals surface area contributed by atoms with Crippen LogP contribution in [0.25, 0.3) is 0 Å². The maximum Gasteiger partial charge on any atom is 0.137 e. The Bertz CT molecular complexity index is 353.